The number of aromatic nitrogens is 1. The van der Waals surface area contributed by atoms with Gasteiger partial charge < -0.3 is 4.57 Å². The molecule has 0 radical (unpaired) electrons. The maximum Gasteiger partial charge on any atom is 0.417 e. The van der Waals surface area contributed by atoms with Gasteiger partial charge in [-0.2, -0.15) is 13.2 Å². The number of hydrogen-bond donors (Lipinski definition) is 0. The Hall–Kier alpha value is -2.13. The van der Waals surface area contributed by atoms with E-state index in [-0.39, 0.29) is 11.4 Å². The van der Waals surface area contributed by atoms with Crippen LogP contribution in [0.5, 0.6) is 0 Å². The fourth-order valence-electron chi connectivity index (χ4n) is 2.03. The van der Waals surface area contributed by atoms with E-state index in [9.17, 15) is 26.4 Å². The zero-order valence-electron chi connectivity index (χ0n) is 12.9. The van der Waals surface area contributed by atoms with Crippen molar-refractivity contribution in [1.29, 1.82) is 0 Å². The van der Waals surface area contributed by atoms with Crippen molar-refractivity contribution < 1.29 is 21.6 Å². The molecule has 2 aromatic rings. The highest BCUT2D eigenvalue weighted by molar-refractivity contribution is 7.89. The van der Waals surface area contributed by atoms with Gasteiger partial charge in [-0.25, -0.2) is 12.7 Å². The van der Waals surface area contributed by atoms with Crippen LogP contribution in [-0.2, 0) is 22.7 Å². The van der Waals surface area contributed by atoms with Crippen LogP contribution in [0, 0.1) is 0 Å². The summed E-state index contributed by atoms with van der Waals surface area (Å²) in [5.41, 5.74) is -1.15. The third kappa shape index (κ3) is 3.85. The van der Waals surface area contributed by atoms with E-state index in [4.69, 9.17) is 0 Å². The van der Waals surface area contributed by atoms with E-state index in [0.29, 0.717) is 11.6 Å². The van der Waals surface area contributed by atoms with Gasteiger partial charge in [-0.3, -0.25) is 4.79 Å². The van der Waals surface area contributed by atoms with Crippen LogP contribution in [0.2, 0.25) is 0 Å². The normalized spacial score (nSPS) is 12.6. The number of hydrogen-bond acceptors (Lipinski definition) is 3. The van der Waals surface area contributed by atoms with Crippen molar-refractivity contribution in [2.24, 2.45) is 0 Å². The molecule has 0 atom stereocenters. The van der Waals surface area contributed by atoms with Gasteiger partial charge in [-0.15, -0.1) is 0 Å². The molecule has 0 aliphatic rings. The minimum atomic E-state index is -4.56. The Labute approximate surface area is 137 Å². The summed E-state index contributed by atoms with van der Waals surface area (Å²) in [6.07, 6.45) is -3.85. The first-order chi connectivity index (χ1) is 11.0. The largest absolute Gasteiger partial charge is 0.417 e. The lowest BCUT2D eigenvalue weighted by molar-refractivity contribution is -0.138. The van der Waals surface area contributed by atoms with Crippen LogP contribution < -0.4 is 5.56 Å². The van der Waals surface area contributed by atoms with Crippen LogP contribution in [0.1, 0.15) is 11.1 Å². The molecule has 24 heavy (non-hydrogen) atoms. The van der Waals surface area contributed by atoms with Crippen molar-refractivity contribution in [3.63, 3.8) is 0 Å². The zero-order chi connectivity index (χ0) is 18.1. The Balaban J connectivity index is 2.41. The average molecular weight is 360 g/mol. The highest BCUT2D eigenvalue weighted by Gasteiger charge is 2.31. The molecule has 0 saturated carbocycles. The molecular formula is C15H15F3N2O3S. The third-order valence-electron chi connectivity index (χ3n) is 3.34. The summed E-state index contributed by atoms with van der Waals surface area (Å²) in [4.78, 5) is 11.8. The van der Waals surface area contributed by atoms with Crippen LogP contribution in [0.4, 0.5) is 13.2 Å². The molecule has 9 heteroatoms. The molecule has 0 amide bonds. The van der Waals surface area contributed by atoms with Gasteiger partial charge in [0.15, 0.2) is 0 Å². The Morgan fingerprint density at radius 2 is 1.79 bits per heavy atom. The average Bonchev–Trinajstić information content (AvgIpc) is 2.48. The quantitative estimate of drug-likeness (QED) is 0.840. The minimum Gasteiger partial charge on any atom is -0.311 e. The molecule has 0 bridgehead atoms. The summed E-state index contributed by atoms with van der Waals surface area (Å²) in [5.74, 6) is 0. The first kappa shape index (κ1) is 18.2. The lowest BCUT2D eigenvalue weighted by Crippen LogP contribution is -2.23. The van der Waals surface area contributed by atoms with E-state index >= 15 is 0 Å². The molecule has 0 unspecified atom stereocenters. The second-order valence-electron chi connectivity index (χ2n) is 5.32. The summed E-state index contributed by atoms with van der Waals surface area (Å²) >= 11 is 0. The number of sulfonamides is 1. The van der Waals surface area contributed by atoms with Gasteiger partial charge in [0.25, 0.3) is 5.56 Å². The topological polar surface area (TPSA) is 59.4 Å². The molecular weight excluding hydrogens is 345 g/mol. The second-order valence-corrected chi connectivity index (χ2v) is 7.47. The maximum absolute atomic E-state index is 12.7. The van der Waals surface area contributed by atoms with Crippen molar-refractivity contribution in [1.82, 2.24) is 8.87 Å². The molecule has 5 nitrogen and oxygen atoms in total. The molecule has 0 spiro atoms. The minimum absolute atomic E-state index is 0.00465. The van der Waals surface area contributed by atoms with Crippen LogP contribution in [0.3, 0.4) is 0 Å². The first-order valence-electron chi connectivity index (χ1n) is 6.81. The number of nitrogens with zero attached hydrogens (tertiary/aromatic N) is 2. The Bertz CT molecular complexity index is 903. The second kappa shape index (κ2) is 6.40. The van der Waals surface area contributed by atoms with Gasteiger partial charge in [-0.1, -0.05) is 12.1 Å². The van der Waals surface area contributed by atoms with Gasteiger partial charge in [0.2, 0.25) is 10.0 Å². The van der Waals surface area contributed by atoms with Gasteiger partial charge >= 0.3 is 6.18 Å². The molecule has 0 N–H and O–H groups in total. The maximum atomic E-state index is 12.7. The van der Waals surface area contributed by atoms with E-state index in [1.165, 1.54) is 32.3 Å². The Morgan fingerprint density at radius 1 is 1.12 bits per heavy atom. The molecule has 1 aromatic carbocycles. The van der Waals surface area contributed by atoms with Crippen molar-refractivity contribution >= 4 is 10.0 Å². The van der Waals surface area contributed by atoms with E-state index in [2.05, 4.69) is 0 Å². The van der Waals surface area contributed by atoms with Crippen molar-refractivity contribution in [2.45, 2.75) is 17.6 Å². The predicted molar refractivity (Wildman–Crippen MR) is 82.1 cm³/mol. The molecule has 130 valence electrons. The fourth-order valence-corrected chi connectivity index (χ4v) is 3.01. The first-order valence-corrected chi connectivity index (χ1v) is 8.25. The number of pyridine rings is 1. The summed E-state index contributed by atoms with van der Waals surface area (Å²) < 4.78 is 64.4. The highest BCUT2D eigenvalue weighted by Crippen LogP contribution is 2.28. The van der Waals surface area contributed by atoms with Gasteiger partial charge in [-0.05, 0) is 23.8 Å². The molecule has 1 heterocycles. The smallest absolute Gasteiger partial charge is 0.311 e. The van der Waals surface area contributed by atoms with Crippen LogP contribution >= 0.6 is 0 Å². The molecule has 0 saturated heterocycles. The number of alkyl halides is 3. The number of halogens is 3. The summed E-state index contributed by atoms with van der Waals surface area (Å²) in [5, 5.41) is 0. The van der Waals surface area contributed by atoms with E-state index in [0.717, 1.165) is 21.1 Å². The molecule has 0 aliphatic carbocycles. The van der Waals surface area contributed by atoms with Gasteiger partial charge in [0.1, 0.15) is 0 Å². The number of rotatable bonds is 4. The van der Waals surface area contributed by atoms with Gasteiger partial charge in [0, 0.05) is 26.4 Å². The van der Waals surface area contributed by atoms with E-state index in [1.54, 1.807) is 6.07 Å². The third-order valence-corrected chi connectivity index (χ3v) is 5.15. The van der Waals surface area contributed by atoms with Crippen molar-refractivity contribution in [2.75, 3.05) is 14.1 Å². The molecule has 2 rings (SSSR count). The highest BCUT2D eigenvalue weighted by atomic mass is 32.2. The molecule has 1 aromatic heterocycles. The predicted octanol–water partition coefficient (Wildman–Crippen LogP) is 2.17. The van der Waals surface area contributed by atoms with Crippen molar-refractivity contribution in [3.05, 3.63) is 64.1 Å². The Morgan fingerprint density at radius 3 is 2.38 bits per heavy atom. The fraction of sp³-hybridized carbons (Fsp3) is 0.267. The zero-order valence-corrected chi connectivity index (χ0v) is 13.7. The Kier molecular flexibility index (Phi) is 4.86. The van der Waals surface area contributed by atoms with Crippen LogP contribution in [0.25, 0.3) is 0 Å². The SMILES string of the molecule is CN(C)S(=O)(=O)c1cccc(Cn2cc(C(F)(F)F)ccc2=O)c1. The number of benzene rings is 1. The molecule has 0 fully saturated rings. The van der Waals surface area contributed by atoms with E-state index in [1.807, 2.05) is 0 Å². The van der Waals surface area contributed by atoms with Crippen molar-refractivity contribution in [3.8, 4) is 0 Å². The standard InChI is InChI=1S/C15H15F3N2O3S/c1-19(2)24(22,23)13-5-3-4-11(8-13)9-20-10-12(15(16,17)18)6-7-14(20)21/h3-8,10H,9H2,1-2H3. The lowest BCUT2D eigenvalue weighted by Gasteiger charge is -2.13. The van der Waals surface area contributed by atoms with Gasteiger partial charge in [0.05, 0.1) is 17.0 Å². The lowest BCUT2D eigenvalue weighted by atomic mass is 10.2. The van der Waals surface area contributed by atoms with Crippen LogP contribution in [-0.4, -0.2) is 31.4 Å². The van der Waals surface area contributed by atoms with Crippen LogP contribution in [0.15, 0.2) is 52.3 Å². The summed E-state index contributed by atoms with van der Waals surface area (Å²) in [7, 11) is -0.919. The summed E-state index contributed by atoms with van der Waals surface area (Å²) in [6.45, 7) is -0.167. The monoisotopic (exact) mass is 360 g/mol. The molecule has 0 aliphatic heterocycles. The summed E-state index contributed by atoms with van der Waals surface area (Å²) in [6, 6.07) is 7.29. The van der Waals surface area contributed by atoms with E-state index < -0.39 is 27.3 Å².